The predicted molar refractivity (Wildman–Crippen MR) is 123 cm³/mol. The van der Waals surface area contributed by atoms with E-state index >= 15 is 0 Å². The second-order valence-corrected chi connectivity index (χ2v) is 8.51. The van der Waals surface area contributed by atoms with Crippen LogP contribution >= 0.6 is 0 Å². The molecule has 2 aromatic rings. The molecule has 0 unspecified atom stereocenters. The van der Waals surface area contributed by atoms with E-state index in [4.69, 9.17) is 4.98 Å². The topological polar surface area (TPSA) is 89.3 Å². The van der Waals surface area contributed by atoms with Crippen LogP contribution in [0.1, 0.15) is 43.4 Å². The lowest BCUT2D eigenvalue weighted by Crippen LogP contribution is -2.53. The number of piperazine rings is 1. The summed E-state index contributed by atoms with van der Waals surface area (Å²) in [5.74, 6) is -0.340. The van der Waals surface area contributed by atoms with Crippen LogP contribution < -0.4 is 10.2 Å². The smallest absolute Gasteiger partial charge is 0.312 e. The van der Waals surface area contributed by atoms with Crippen molar-refractivity contribution in [2.24, 2.45) is 0 Å². The van der Waals surface area contributed by atoms with E-state index in [0.717, 1.165) is 42.5 Å². The molecule has 1 aromatic heterocycles. The first kappa shape index (κ1) is 21.8. The van der Waals surface area contributed by atoms with E-state index in [-0.39, 0.29) is 6.04 Å². The maximum Gasteiger partial charge on any atom is 0.312 e. The van der Waals surface area contributed by atoms with Crippen molar-refractivity contribution in [3.63, 3.8) is 0 Å². The summed E-state index contributed by atoms with van der Waals surface area (Å²) in [7, 11) is 0. The van der Waals surface area contributed by atoms with Crippen molar-refractivity contribution in [3.8, 4) is 17.3 Å². The highest BCUT2D eigenvalue weighted by molar-refractivity contribution is 6.35. The normalized spacial score (nSPS) is 16.3. The van der Waals surface area contributed by atoms with Crippen molar-refractivity contribution in [2.75, 3.05) is 31.1 Å². The van der Waals surface area contributed by atoms with Gasteiger partial charge in [0.1, 0.15) is 11.9 Å². The second-order valence-electron chi connectivity index (χ2n) is 8.51. The molecular weight excluding hydrogens is 402 g/mol. The number of benzene rings is 1. The second kappa shape index (κ2) is 9.39. The molecule has 4 rings (SSSR count). The van der Waals surface area contributed by atoms with Crippen molar-refractivity contribution < 1.29 is 9.59 Å². The van der Waals surface area contributed by atoms with Crippen molar-refractivity contribution in [1.29, 1.82) is 5.26 Å². The highest BCUT2D eigenvalue weighted by atomic mass is 16.2. The zero-order valence-electron chi connectivity index (χ0n) is 18.7. The fourth-order valence-electron chi connectivity index (χ4n) is 4.48. The standard InChI is InChI=1S/C25H29N5O2/c1-3-17(2)27-24(31)25(32)30-14-12-29(13-15-30)23-21(16-26)19-10-7-11-20(19)22(28-23)18-8-5-4-6-9-18/h4-6,8-9,17H,3,7,10-15H2,1-2H3,(H,27,31)/t17-/m1/s1. The summed E-state index contributed by atoms with van der Waals surface area (Å²) in [6, 6.07) is 12.5. The number of carbonyl (C=O) groups excluding carboxylic acids is 2. The number of carbonyl (C=O) groups is 2. The molecule has 0 bridgehead atoms. The number of nitrogens with one attached hydrogen (secondary N) is 1. The number of anilines is 1. The third-order valence-corrected chi connectivity index (χ3v) is 6.46. The Bertz CT molecular complexity index is 1050. The summed E-state index contributed by atoms with van der Waals surface area (Å²) in [6.45, 7) is 5.78. The molecule has 32 heavy (non-hydrogen) atoms. The zero-order valence-corrected chi connectivity index (χ0v) is 18.7. The van der Waals surface area contributed by atoms with Gasteiger partial charge in [0.25, 0.3) is 0 Å². The van der Waals surface area contributed by atoms with Gasteiger partial charge in [0.2, 0.25) is 0 Å². The van der Waals surface area contributed by atoms with Crippen LogP contribution in [0.3, 0.4) is 0 Å². The van der Waals surface area contributed by atoms with E-state index in [0.29, 0.717) is 37.6 Å². The monoisotopic (exact) mass is 431 g/mol. The number of hydrogen-bond donors (Lipinski definition) is 1. The lowest BCUT2D eigenvalue weighted by molar-refractivity contribution is -0.146. The Kier molecular flexibility index (Phi) is 6.40. The molecule has 1 aliphatic carbocycles. The van der Waals surface area contributed by atoms with Crippen molar-refractivity contribution >= 4 is 17.6 Å². The molecule has 2 aliphatic rings. The van der Waals surface area contributed by atoms with Crippen LogP contribution in [0, 0.1) is 11.3 Å². The molecule has 1 aliphatic heterocycles. The van der Waals surface area contributed by atoms with Crippen LogP contribution in [0.5, 0.6) is 0 Å². The van der Waals surface area contributed by atoms with Crippen molar-refractivity contribution in [3.05, 3.63) is 47.0 Å². The maximum atomic E-state index is 12.5. The number of fused-ring (bicyclic) bond motifs is 1. The summed E-state index contributed by atoms with van der Waals surface area (Å²) in [6.07, 6.45) is 3.64. The number of pyridine rings is 1. The van der Waals surface area contributed by atoms with E-state index in [1.165, 1.54) is 5.56 Å². The number of rotatable bonds is 4. The average Bonchev–Trinajstić information content (AvgIpc) is 3.33. The fourth-order valence-corrected chi connectivity index (χ4v) is 4.48. The SMILES string of the molecule is CC[C@@H](C)NC(=O)C(=O)N1CCN(c2nc(-c3ccccc3)c3c(c2C#N)CCC3)CC1. The number of hydrogen-bond acceptors (Lipinski definition) is 5. The molecule has 7 nitrogen and oxygen atoms in total. The van der Waals surface area contributed by atoms with Gasteiger partial charge in [0.15, 0.2) is 0 Å². The van der Waals surface area contributed by atoms with Crippen LogP contribution in [0.2, 0.25) is 0 Å². The third kappa shape index (κ3) is 4.18. The van der Waals surface area contributed by atoms with E-state index < -0.39 is 11.8 Å². The van der Waals surface area contributed by atoms with Crippen LogP contribution in [-0.2, 0) is 22.4 Å². The quantitative estimate of drug-likeness (QED) is 0.752. The summed E-state index contributed by atoms with van der Waals surface area (Å²) < 4.78 is 0. The number of aromatic nitrogens is 1. The van der Waals surface area contributed by atoms with Gasteiger partial charge < -0.3 is 15.1 Å². The molecule has 1 aromatic carbocycles. The van der Waals surface area contributed by atoms with Crippen LogP contribution in [-0.4, -0.2) is 53.9 Å². The van der Waals surface area contributed by atoms with E-state index in [2.05, 4.69) is 28.4 Å². The highest BCUT2D eigenvalue weighted by Crippen LogP contribution is 2.37. The molecule has 7 heteroatoms. The number of nitriles is 1. The molecule has 2 amide bonds. The minimum absolute atomic E-state index is 0.0297. The molecule has 1 fully saturated rings. The third-order valence-electron chi connectivity index (χ3n) is 6.46. The van der Waals surface area contributed by atoms with Gasteiger partial charge in [0, 0.05) is 37.8 Å². The predicted octanol–water partition coefficient (Wildman–Crippen LogP) is 2.67. The molecule has 166 valence electrons. The van der Waals surface area contributed by atoms with E-state index in [9.17, 15) is 14.9 Å². The van der Waals surface area contributed by atoms with Gasteiger partial charge in [-0.15, -0.1) is 0 Å². The van der Waals surface area contributed by atoms with Gasteiger partial charge in [-0.2, -0.15) is 5.26 Å². The molecule has 2 heterocycles. The van der Waals surface area contributed by atoms with Crippen LogP contribution in [0.4, 0.5) is 5.82 Å². The largest absolute Gasteiger partial charge is 0.352 e. The zero-order chi connectivity index (χ0) is 22.7. The number of amides is 2. The molecule has 0 spiro atoms. The van der Waals surface area contributed by atoms with E-state index in [1.807, 2.05) is 32.0 Å². The summed E-state index contributed by atoms with van der Waals surface area (Å²) in [5.41, 5.74) is 4.98. The minimum Gasteiger partial charge on any atom is -0.352 e. The Morgan fingerprint density at radius 2 is 1.81 bits per heavy atom. The summed E-state index contributed by atoms with van der Waals surface area (Å²) in [5, 5.41) is 12.7. The number of nitrogens with zero attached hydrogens (tertiary/aromatic N) is 4. The lowest BCUT2D eigenvalue weighted by atomic mass is 9.98. The van der Waals surface area contributed by atoms with Crippen molar-refractivity contribution in [2.45, 2.75) is 45.6 Å². The lowest BCUT2D eigenvalue weighted by Gasteiger charge is -2.36. The maximum absolute atomic E-state index is 12.5. The van der Waals surface area contributed by atoms with Crippen LogP contribution in [0.25, 0.3) is 11.3 Å². The highest BCUT2D eigenvalue weighted by Gasteiger charge is 2.31. The van der Waals surface area contributed by atoms with Gasteiger partial charge in [-0.05, 0) is 43.7 Å². The summed E-state index contributed by atoms with van der Waals surface area (Å²) >= 11 is 0. The van der Waals surface area contributed by atoms with Gasteiger partial charge in [0.05, 0.1) is 11.3 Å². The molecule has 0 radical (unpaired) electrons. The molecular formula is C25H29N5O2. The Morgan fingerprint density at radius 1 is 1.12 bits per heavy atom. The Morgan fingerprint density at radius 3 is 2.47 bits per heavy atom. The Balaban J connectivity index is 1.57. The Hall–Kier alpha value is -3.40. The minimum atomic E-state index is -0.549. The average molecular weight is 432 g/mol. The first-order valence-electron chi connectivity index (χ1n) is 11.4. The van der Waals surface area contributed by atoms with Gasteiger partial charge >= 0.3 is 11.8 Å². The summed E-state index contributed by atoms with van der Waals surface area (Å²) in [4.78, 5) is 33.4. The van der Waals surface area contributed by atoms with Gasteiger partial charge in [-0.25, -0.2) is 4.98 Å². The first-order chi connectivity index (χ1) is 15.5. The Labute approximate surface area is 189 Å². The first-order valence-corrected chi connectivity index (χ1v) is 11.4. The molecule has 0 saturated carbocycles. The molecule has 1 saturated heterocycles. The molecule has 1 atom stereocenters. The van der Waals surface area contributed by atoms with Gasteiger partial charge in [-0.1, -0.05) is 37.3 Å². The van der Waals surface area contributed by atoms with Crippen molar-refractivity contribution in [1.82, 2.24) is 15.2 Å². The van der Waals surface area contributed by atoms with Crippen LogP contribution in [0.15, 0.2) is 30.3 Å². The van der Waals surface area contributed by atoms with E-state index in [1.54, 1.807) is 4.90 Å². The fraction of sp³-hybridized carbons (Fsp3) is 0.440. The molecule has 1 N–H and O–H groups in total. The van der Waals surface area contributed by atoms with Gasteiger partial charge in [-0.3, -0.25) is 9.59 Å².